The van der Waals surface area contributed by atoms with Crippen LogP contribution in [0.2, 0.25) is 0 Å². The second-order valence-electron chi connectivity index (χ2n) is 11.2. The Bertz CT molecular complexity index is 829. The summed E-state index contributed by atoms with van der Waals surface area (Å²) < 4.78 is 0. The maximum atomic E-state index is 2.55. The minimum absolute atomic E-state index is 0.216. The molecule has 2 aliphatic rings. The van der Waals surface area contributed by atoms with Gasteiger partial charge in [0.15, 0.2) is 0 Å². The SMILES string of the molecule is CCCC1CCC(CCCC2c3ccccc3Cc3ccc(C(C)(C)C)cc32)CC1. The van der Waals surface area contributed by atoms with E-state index >= 15 is 0 Å². The second-order valence-corrected chi connectivity index (χ2v) is 11.2. The molecule has 0 aliphatic heterocycles. The van der Waals surface area contributed by atoms with Gasteiger partial charge in [0.25, 0.3) is 0 Å². The first-order valence-electron chi connectivity index (χ1n) is 12.7. The van der Waals surface area contributed by atoms with Crippen LogP contribution < -0.4 is 0 Å². The van der Waals surface area contributed by atoms with Gasteiger partial charge in [-0.3, -0.25) is 0 Å². The van der Waals surface area contributed by atoms with E-state index in [0.717, 1.165) is 18.3 Å². The second kappa shape index (κ2) is 9.29. The van der Waals surface area contributed by atoms with Crippen LogP contribution in [-0.4, -0.2) is 0 Å². The van der Waals surface area contributed by atoms with Crippen molar-refractivity contribution in [2.24, 2.45) is 11.8 Å². The molecule has 0 bridgehead atoms. The van der Waals surface area contributed by atoms with Crippen molar-refractivity contribution in [3.8, 4) is 0 Å². The number of rotatable bonds is 6. The quantitative estimate of drug-likeness (QED) is 0.453. The summed E-state index contributed by atoms with van der Waals surface area (Å²) in [5, 5.41) is 0. The summed E-state index contributed by atoms with van der Waals surface area (Å²) in [4.78, 5) is 0. The molecule has 0 amide bonds. The fraction of sp³-hybridized carbons (Fsp3) is 0.600. The Morgan fingerprint density at radius 2 is 1.43 bits per heavy atom. The summed E-state index contributed by atoms with van der Waals surface area (Å²) in [7, 11) is 0. The molecule has 30 heavy (non-hydrogen) atoms. The van der Waals surface area contributed by atoms with Gasteiger partial charge in [-0.1, -0.05) is 122 Å². The van der Waals surface area contributed by atoms with E-state index in [4.69, 9.17) is 0 Å². The van der Waals surface area contributed by atoms with Crippen molar-refractivity contribution in [2.45, 2.75) is 103 Å². The Morgan fingerprint density at radius 3 is 2.13 bits per heavy atom. The van der Waals surface area contributed by atoms with Crippen LogP contribution in [-0.2, 0) is 11.8 Å². The van der Waals surface area contributed by atoms with Crippen LogP contribution in [0.3, 0.4) is 0 Å². The van der Waals surface area contributed by atoms with Gasteiger partial charge in [-0.05, 0) is 57.9 Å². The number of fused-ring (bicyclic) bond motifs is 2. The summed E-state index contributed by atoms with van der Waals surface area (Å²) >= 11 is 0. The van der Waals surface area contributed by atoms with Crippen LogP contribution in [0.1, 0.15) is 119 Å². The molecule has 0 N–H and O–H groups in total. The summed E-state index contributed by atoms with van der Waals surface area (Å²) in [5.41, 5.74) is 8.04. The largest absolute Gasteiger partial charge is 0.0654 e. The zero-order chi connectivity index (χ0) is 21.1. The van der Waals surface area contributed by atoms with E-state index in [9.17, 15) is 0 Å². The monoisotopic (exact) mass is 402 g/mol. The van der Waals surface area contributed by atoms with E-state index in [1.807, 2.05) is 0 Å². The molecule has 0 heterocycles. The molecule has 2 aromatic rings. The predicted octanol–water partition coefficient (Wildman–Crippen LogP) is 8.80. The Hall–Kier alpha value is -1.56. The van der Waals surface area contributed by atoms with Crippen LogP contribution >= 0.6 is 0 Å². The summed E-state index contributed by atoms with van der Waals surface area (Å²) in [5.74, 6) is 2.60. The average Bonchev–Trinajstić information content (AvgIpc) is 2.73. The van der Waals surface area contributed by atoms with Crippen molar-refractivity contribution >= 4 is 0 Å². The van der Waals surface area contributed by atoms with Crippen LogP contribution in [0.5, 0.6) is 0 Å². The van der Waals surface area contributed by atoms with Gasteiger partial charge in [0.1, 0.15) is 0 Å². The summed E-state index contributed by atoms with van der Waals surface area (Å²) in [6.07, 6.45) is 14.0. The van der Waals surface area contributed by atoms with Crippen LogP contribution in [0.15, 0.2) is 42.5 Å². The average molecular weight is 403 g/mol. The molecule has 1 atom stereocenters. The molecule has 2 aromatic carbocycles. The molecule has 0 heteroatoms. The van der Waals surface area contributed by atoms with E-state index < -0.39 is 0 Å². The lowest BCUT2D eigenvalue weighted by atomic mass is 9.73. The van der Waals surface area contributed by atoms with Crippen LogP contribution in [0.4, 0.5) is 0 Å². The highest BCUT2D eigenvalue weighted by Crippen LogP contribution is 2.42. The minimum Gasteiger partial charge on any atom is -0.0654 e. The molecule has 162 valence electrons. The van der Waals surface area contributed by atoms with Crippen molar-refractivity contribution in [1.82, 2.24) is 0 Å². The standard InChI is InChI=1S/C30H42/c1-5-9-22-14-16-23(17-15-22)10-8-13-28-27-12-7-6-11-24(27)20-25-18-19-26(21-29(25)28)30(2,3)4/h6-7,11-12,18-19,21-23,28H,5,8-10,13-17,20H2,1-4H3. The van der Waals surface area contributed by atoms with Gasteiger partial charge in [0.05, 0.1) is 0 Å². The first kappa shape index (κ1) is 21.7. The molecule has 0 aromatic heterocycles. The third-order valence-electron chi connectivity index (χ3n) is 7.97. The van der Waals surface area contributed by atoms with Crippen molar-refractivity contribution in [1.29, 1.82) is 0 Å². The lowest BCUT2D eigenvalue weighted by Crippen LogP contribution is -2.18. The molecule has 1 fully saturated rings. The van der Waals surface area contributed by atoms with E-state index in [1.165, 1.54) is 63.4 Å². The Kier molecular flexibility index (Phi) is 6.71. The fourth-order valence-electron chi connectivity index (χ4n) is 6.09. The Labute approximate surface area is 185 Å². The molecule has 2 aliphatic carbocycles. The molecule has 1 unspecified atom stereocenters. The van der Waals surface area contributed by atoms with Crippen molar-refractivity contribution in [3.05, 3.63) is 70.3 Å². The molecular weight excluding hydrogens is 360 g/mol. The van der Waals surface area contributed by atoms with Crippen LogP contribution in [0, 0.1) is 11.8 Å². The highest BCUT2D eigenvalue weighted by atomic mass is 14.3. The number of hydrogen-bond acceptors (Lipinski definition) is 0. The molecule has 4 rings (SSSR count). The third-order valence-corrected chi connectivity index (χ3v) is 7.97. The maximum absolute atomic E-state index is 2.55. The molecule has 0 spiro atoms. The maximum Gasteiger partial charge on any atom is 0.00951 e. The van der Waals surface area contributed by atoms with Gasteiger partial charge < -0.3 is 0 Å². The van der Waals surface area contributed by atoms with Gasteiger partial charge in [0.2, 0.25) is 0 Å². The highest BCUT2D eigenvalue weighted by molar-refractivity contribution is 5.51. The fourth-order valence-corrected chi connectivity index (χ4v) is 6.09. The van der Waals surface area contributed by atoms with Gasteiger partial charge in [-0.15, -0.1) is 0 Å². The van der Waals surface area contributed by atoms with Crippen LogP contribution in [0.25, 0.3) is 0 Å². The lowest BCUT2D eigenvalue weighted by Gasteiger charge is -2.32. The van der Waals surface area contributed by atoms with Crippen molar-refractivity contribution < 1.29 is 0 Å². The van der Waals surface area contributed by atoms with Gasteiger partial charge >= 0.3 is 0 Å². The Balaban J connectivity index is 1.47. The first-order valence-corrected chi connectivity index (χ1v) is 12.7. The highest BCUT2D eigenvalue weighted by Gasteiger charge is 2.27. The van der Waals surface area contributed by atoms with E-state index in [2.05, 4.69) is 70.2 Å². The zero-order valence-electron chi connectivity index (χ0n) is 19.8. The number of hydrogen-bond donors (Lipinski definition) is 0. The molecule has 0 saturated heterocycles. The van der Waals surface area contributed by atoms with Gasteiger partial charge in [0, 0.05) is 5.92 Å². The molecular formula is C30H42. The zero-order valence-corrected chi connectivity index (χ0v) is 19.8. The molecule has 1 saturated carbocycles. The Morgan fingerprint density at radius 1 is 0.767 bits per heavy atom. The first-order chi connectivity index (χ1) is 14.5. The topological polar surface area (TPSA) is 0 Å². The summed E-state index contributed by atoms with van der Waals surface area (Å²) in [6, 6.07) is 16.6. The third kappa shape index (κ3) is 4.84. The molecule has 0 radical (unpaired) electrons. The van der Waals surface area contributed by atoms with E-state index in [0.29, 0.717) is 5.92 Å². The number of benzene rings is 2. The van der Waals surface area contributed by atoms with Crippen molar-refractivity contribution in [2.75, 3.05) is 0 Å². The van der Waals surface area contributed by atoms with Gasteiger partial charge in [-0.25, -0.2) is 0 Å². The minimum atomic E-state index is 0.216. The smallest absolute Gasteiger partial charge is 0.00951 e. The summed E-state index contributed by atoms with van der Waals surface area (Å²) in [6.45, 7) is 9.37. The van der Waals surface area contributed by atoms with E-state index in [1.54, 1.807) is 22.3 Å². The lowest BCUT2D eigenvalue weighted by molar-refractivity contribution is 0.247. The predicted molar refractivity (Wildman–Crippen MR) is 130 cm³/mol. The normalized spacial score (nSPS) is 23.7. The molecule has 0 nitrogen and oxygen atoms in total. The van der Waals surface area contributed by atoms with Crippen molar-refractivity contribution in [3.63, 3.8) is 0 Å². The van der Waals surface area contributed by atoms with E-state index in [-0.39, 0.29) is 5.41 Å². The van der Waals surface area contributed by atoms with Gasteiger partial charge in [-0.2, -0.15) is 0 Å².